The van der Waals surface area contributed by atoms with Crippen molar-refractivity contribution < 1.29 is 19.4 Å². The van der Waals surface area contributed by atoms with E-state index in [1.165, 1.54) is 0 Å². The molecule has 2 aliphatic heterocycles. The van der Waals surface area contributed by atoms with Crippen molar-refractivity contribution in [2.45, 2.75) is 55.7 Å². The Morgan fingerprint density at radius 2 is 2.14 bits per heavy atom. The molecular formula is C29H32Cl2N2O4. The summed E-state index contributed by atoms with van der Waals surface area (Å²) in [6.07, 6.45) is 5.55. The number of likely N-dealkylation sites (tertiary alicyclic amines) is 1. The Morgan fingerprint density at radius 3 is 2.86 bits per heavy atom. The van der Waals surface area contributed by atoms with Crippen molar-refractivity contribution in [1.29, 1.82) is 0 Å². The molecule has 2 aromatic carbocycles. The van der Waals surface area contributed by atoms with Crippen LogP contribution in [0.25, 0.3) is 0 Å². The summed E-state index contributed by atoms with van der Waals surface area (Å²) in [5, 5.41) is 12.0. The van der Waals surface area contributed by atoms with Crippen molar-refractivity contribution in [1.82, 2.24) is 9.80 Å². The topological polar surface area (TPSA) is 62.2 Å². The van der Waals surface area contributed by atoms with E-state index in [4.69, 9.17) is 32.7 Å². The number of ether oxygens (including phenoxy) is 2. The molecule has 0 unspecified atom stereocenters. The van der Waals surface area contributed by atoms with Gasteiger partial charge in [0, 0.05) is 42.2 Å². The molecule has 1 amide bonds. The van der Waals surface area contributed by atoms with Crippen molar-refractivity contribution in [3.8, 4) is 17.2 Å². The Hall–Kier alpha value is -2.41. The highest BCUT2D eigenvalue weighted by atomic mass is 35.5. The number of likely N-dealkylation sites (N-methyl/N-ethyl adjacent to an activating group) is 1. The van der Waals surface area contributed by atoms with Gasteiger partial charge in [0.05, 0.1) is 29.6 Å². The summed E-state index contributed by atoms with van der Waals surface area (Å²) in [5.41, 5.74) is 2.65. The first-order chi connectivity index (χ1) is 17.8. The average molecular weight is 543 g/mol. The van der Waals surface area contributed by atoms with Gasteiger partial charge >= 0.3 is 0 Å². The number of carbonyl (C=O) groups excluding carboxylic acids is 1. The van der Waals surface area contributed by atoms with E-state index in [1.54, 1.807) is 25.3 Å². The minimum Gasteiger partial charge on any atom is -0.508 e. The second kappa shape index (κ2) is 9.11. The van der Waals surface area contributed by atoms with Gasteiger partial charge in [-0.2, -0.15) is 0 Å². The number of phenolic OH excluding ortho intramolecular Hbond substituents is 1. The number of halogens is 2. The third-order valence-electron chi connectivity index (χ3n) is 9.31. The highest BCUT2D eigenvalue weighted by molar-refractivity contribution is 6.42. The number of hydrogen-bond acceptors (Lipinski definition) is 5. The second-order valence-corrected chi connectivity index (χ2v) is 11.7. The maximum Gasteiger partial charge on any atom is 0.227 e. The Kier molecular flexibility index (Phi) is 6.13. The maximum atomic E-state index is 13.5. The molecule has 1 saturated carbocycles. The molecule has 0 radical (unpaired) electrons. The summed E-state index contributed by atoms with van der Waals surface area (Å²) in [7, 11) is 3.50. The van der Waals surface area contributed by atoms with Gasteiger partial charge < -0.3 is 19.5 Å². The van der Waals surface area contributed by atoms with Crippen LogP contribution in [0.4, 0.5) is 0 Å². The molecule has 2 aliphatic carbocycles. The van der Waals surface area contributed by atoms with Crippen LogP contribution in [0, 0.1) is 5.92 Å². The number of methoxy groups -OCH3 is 1. The van der Waals surface area contributed by atoms with Crippen molar-refractivity contribution >= 4 is 29.1 Å². The molecule has 196 valence electrons. The first-order valence-corrected chi connectivity index (χ1v) is 13.7. The van der Waals surface area contributed by atoms with Gasteiger partial charge in [0.1, 0.15) is 11.9 Å². The third-order valence-corrected chi connectivity index (χ3v) is 10.0. The Balaban J connectivity index is 1.38. The van der Waals surface area contributed by atoms with Crippen LogP contribution in [0.15, 0.2) is 36.9 Å². The number of amides is 1. The molecule has 5 atom stereocenters. The average Bonchev–Trinajstić information content (AvgIpc) is 3.22. The van der Waals surface area contributed by atoms with Crippen LogP contribution in [-0.2, 0) is 23.1 Å². The second-order valence-electron chi connectivity index (χ2n) is 10.8. The maximum absolute atomic E-state index is 13.5. The van der Waals surface area contributed by atoms with Gasteiger partial charge in [-0.3, -0.25) is 9.69 Å². The van der Waals surface area contributed by atoms with Gasteiger partial charge in [0.15, 0.2) is 11.5 Å². The predicted octanol–water partition coefficient (Wildman–Crippen LogP) is 5.00. The van der Waals surface area contributed by atoms with Gasteiger partial charge in [-0.25, -0.2) is 0 Å². The van der Waals surface area contributed by atoms with Gasteiger partial charge in [-0.1, -0.05) is 35.3 Å². The quantitative estimate of drug-likeness (QED) is 0.520. The van der Waals surface area contributed by atoms with Crippen LogP contribution in [0.2, 0.25) is 10.0 Å². The number of piperidine rings is 1. The van der Waals surface area contributed by atoms with Crippen LogP contribution in [0.3, 0.4) is 0 Å². The molecule has 1 N–H and O–H groups in total. The van der Waals surface area contributed by atoms with E-state index in [0.717, 1.165) is 61.2 Å². The fourth-order valence-electron chi connectivity index (χ4n) is 7.73. The zero-order valence-electron chi connectivity index (χ0n) is 21.2. The number of aromatic hydroxyl groups is 1. The van der Waals surface area contributed by atoms with Crippen LogP contribution in [-0.4, -0.2) is 66.2 Å². The molecule has 1 spiro atoms. The lowest BCUT2D eigenvalue weighted by atomic mass is 9.51. The minimum atomic E-state index is -0.266. The molecule has 0 aromatic heterocycles. The summed E-state index contributed by atoms with van der Waals surface area (Å²) in [5.74, 6) is 1.98. The zero-order valence-corrected chi connectivity index (χ0v) is 22.7. The van der Waals surface area contributed by atoms with E-state index in [9.17, 15) is 9.90 Å². The Bertz CT molecular complexity index is 1280. The lowest BCUT2D eigenvalue weighted by Crippen LogP contribution is -2.69. The van der Waals surface area contributed by atoms with E-state index in [0.29, 0.717) is 27.8 Å². The molecular weight excluding hydrogens is 511 g/mol. The largest absolute Gasteiger partial charge is 0.508 e. The Labute approximate surface area is 227 Å². The van der Waals surface area contributed by atoms with Crippen LogP contribution < -0.4 is 9.47 Å². The monoisotopic (exact) mass is 542 g/mol. The predicted molar refractivity (Wildman–Crippen MR) is 144 cm³/mol. The summed E-state index contributed by atoms with van der Waals surface area (Å²) < 4.78 is 12.5. The van der Waals surface area contributed by atoms with Crippen molar-refractivity contribution in [2.24, 2.45) is 5.92 Å². The zero-order chi connectivity index (χ0) is 26.1. The van der Waals surface area contributed by atoms with Gasteiger partial charge in [0.2, 0.25) is 5.91 Å². The Morgan fingerprint density at radius 1 is 1.32 bits per heavy atom. The number of nitrogens with zero attached hydrogens (tertiary/aromatic N) is 2. The molecule has 2 aromatic rings. The normalized spacial score (nSPS) is 29.3. The highest BCUT2D eigenvalue weighted by Crippen LogP contribution is 2.65. The lowest BCUT2D eigenvalue weighted by molar-refractivity contribution is -0.139. The van der Waals surface area contributed by atoms with E-state index in [1.807, 2.05) is 24.1 Å². The van der Waals surface area contributed by atoms with E-state index >= 15 is 0 Å². The van der Waals surface area contributed by atoms with Gasteiger partial charge in [-0.15, -0.1) is 6.58 Å². The summed E-state index contributed by atoms with van der Waals surface area (Å²) in [6.45, 7) is 5.73. The number of carbonyl (C=O) groups is 1. The van der Waals surface area contributed by atoms with Crippen molar-refractivity contribution in [2.75, 3.05) is 27.2 Å². The fourth-order valence-corrected chi connectivity index (χ4v) is 8.05. The van der Waals surface area contributed by atoms with E-state index in [2.05, 4.69) is 11.5 Å². The number of benzene rings is 2. The van der Waals surface area contributed by atoms with Crippen LogP contribution in [0.5, 0.6) is 17.2 Å². The van der Waals surface area contributed by atoms with Crippen molar-refractivity contribution in [3.05, 3.63) is 63.7 Å². The summed E-state index contributed by atoms with van der Waals surface area (Å²) >= 11 is 12.3. The highest BCUT2D eigenvalue weighted by Gasteiger charge is 2.66. The third kappa shape index (κ3) is 3.59. The summed E-state index contributed by atoms with van der Waals surface area (Å²) in [6, 6.07) is 7.22. The molecule has 2 fully saturated rings. The SMILES string of the molecule is C=CCN1CC[C@]23c4c5c(O)cc(OC)c4O[C@H]2[C@@H](N(C)C(=O)Cc2ccc(Cl)c(Cl)c2)CC[C@H]3[C@H]1C5. The fraction of sp³-hybridized carbons (Fsp3) is 0.483. The molecule has 6 rings (SSSR count). The standard InChI is InChI=1S/C29H32Cl2N2O4/c1-4-10-33-11-9-29-18-6-8-21(32(2)25(35)13-16-5-7-19(30)20(31)12-16)28(29)37-27-24(36-3)15-23(34)17(26(27)29)14-22(18)33/h4-5,7,12,15,18,21-22,28,34H,1,6,8-11,13-14H2,2-3H3/t18-,21-,22+,28-,29-/m0/s1. The van der Waals surface area contributed by atoms with E-state index in [-0.39, 0.29) is 35.6 Å². The molecule has 2 heterocycles. The molecule has 8 heteroatoms. The van der Waals surface area contributed by atoms with Crippen molar-refractivity contribution in [3.63, 3.8) is 0 Å². The van der Waals surface area contributed by atoms with Crippen LogP contribution >= 0.6 is 23.2 Å². The first kappa shape index (κ1) is 24.9. The number of phenols is 1. The molecule has 1 saturated heterocycles. The molecule has 2 bridgehead atoms. The smallest absolute Gasteiger partial charge is 0.227 e. The number of hydrogen-bond donors (Lipinski definition) is 1. The molecule has 6 nitrogen and oxygen atoms in total. The van der Waals surface area contributed by atoms with Crippen LogP contribution in [0.1, 0.15) is 36.0 Å². The summed E-state index contributed by atoms with van der Waals surface area (Å²) in [4.78, 5) is 17.9. The minimum absolute atomic E-state index is 0.0179. The van der Waals surface area contributed by atoms with Gasteiger partial charge in [-0.05, 0) is 55.8 Å². The van der Waals surface area contributed by atoms with E-state index < -0.39 is 0 Å². The molecule has 37 heavy (non-hydrogen) atoms. The lowest BCUT2D eigenvalue weighted by Gasteiger charge is -2.60. The molecule has 4 aliphatic rings. The van der Waals surface area contributed by atoms with Gasteiger partial charge in [0.25, 0.3) is 0 Å². The first-order valence-electron chi connectivity index (χ1n) is 12.9. The number of rotatable bonds is 6.